The Kier molecular flexibility index (Phi) is 6.26. The summed E-state index contributed by atoms with van der Waals surface area (Å²) >= 11 is 0. The van der Waals surface area contributed by atoms with Crippen LogP contribution in [0.2, 0.25) is 0 Å². The first-order chi connectivity index (χ1) is 8.88. The minimum absolute atomic E-state index is 0.107. The third-order valence-corrected chi connectivity index (χ3v) is 5.95. The van der Waals surface area contributed by atoms with Crippen molar-refractivity contribution < 1.29 is 13.2 Å². The summed E-state index contributed by atoms with van der Waals surface area (Å²) in [7, 11) is -3.45. The molecule has 1 rings (SSSR count). The Bertz CT molecular complexity index is 387. The van der Waals surface area contributed by atoms with Gasteiger partial charge in [0.1, 0.15) is 5.25 Å². The Morgan fingerprint density at radius 3 is 2.21 bits per heavy atom. The fourth-order valence-corrected chi connectivity index (χ4v) is 3.84. The van der Waals surface area contributed by atoms with E-state index in [0.29, 0.717) is 19.5 Å². The van der Waals surface area contributed by atoms with Crippen LogP contribution in [0, 0.1) is 0 Å². The number of nitrogens with two attached hydrogens (primary N) is 1. The Labute approximate surface area is 116 Å². The lowest BCUT2D eigenvalue weighted by molar-refractivity contribution is -0.130. The summed E-state index contributed by atoms with van der Waals surface area (Å²) in [5.74, 6) is -0.366. The molecule has 0 radical (unpaired) electrons. The Morgan fingerprint density at radius 2 is 1.74 bits per heavy atom. The van der Waals surface area contributed by atoms with Crippen LogP contribution in [0.5, 0.6) is 0 Å². The Morgan fingerprint density at radius 1 is 1.21 bits per heavy atom. The highest BCUT2D eigenvalue weighted by Crippen LogP contribution is 2.14. The van der Waals surface area contributed by atoms with Crippen LogP contribution in [0.1, 0.15) is 46.0 Å². The molecule has 0 aromatic rings. The van der Waals surface area contributed by atoms with Gasteiger partial charge in [0, 0.05) is 19.1 Å². The second kappa shape index (κ2) is 7.24. The SMILES string of the molecule is CCC(N)CS(=O)(=O)C(C)C(=O)N1CCCCCC1. The molecule has 0 aromatic carbocycles. The summed E-state index contributed by atoms with van der Waals surface area (Å²) in [5, 5.41) is -0.969. The second-order valence-corrected chi connectivity index (χ2v) is 7.75. The summed E-state index contributed by atoms with van der Waals surface area (Å²) in [5.41, 5.74) is 5.70. The standard InChI is InChI=1S/C13H26N2O3S/c1-3-12(14)10-19(17,18)11(2)13(16)15-8-6-4-5-7-9-15/h11-12H,3-10,14H2,1-2H3. The Balaban J connectivity index is 2.69. The van der Waals surface area contributed by atoms with Crippen molar-refractivity contribution in [1.82, 2.24) is 4.90 Å². The number of nitrogens with zero attached hydrogens (tertiary/aromatic N) is 1. The van der Waals surface area contributed by atoms with Gasteiger partial charge >= 0.3 is 0 Å². The van der Waals surface area contributed by atoms with Crippen LogP contribution in [0.4, 0.5) is 0 Å². The van der Waals surface area contributed by atoms with Gasteiger partial charge in [-0.05, 0) is 26.2 Å². The number of hydrogen-bond donors (Lipinski definition) is 1. The maximum Gasteiger partial charge on any atom is 0.240 e. The lowest BCUT2D eigenvalue weighted by atomic mass is 10.2. The van der Waals surface area contributed by atoms with E-state index < -0.39 is 15.1 Å². The average Bonchev–Trinajstić information content (AvgIpc) is 2.65. The summed E-state index contributed by atoms with van der Waals surface area (Å²) in [4.78, 5) is 14.0. The highest BCUT2D eigenvalue weighted by Gasteiger charge is 2.32. The van der Waals surface area contributed by atoms with Gasteiger partial charge in [-0.3, -0.25) is 4.79 Å². The maximum absolute atomic E-state index is 12.3. The molecule has 1 fully saturated rings. The zero-order valence-corrected chi connectivity index (χ0v) is 12.8. The zero-order valence-electron chi connectivity index (χ0n) is 12.0. The van der Waals surface area contributed by atoms with Crippen molar-refractivity contribution in [1.29, 1.82) is 0 Å². The first-order valence-electron chi connectivity index (χ1n) is 7.14. The van der Waals surface area contributed by atoms with E-state index in [-0.39, 0.29) is 17.7 Å². The maximum atomic E-state index is 12.3. The molecule has 1 aliphatic rings. The molecule has 1 saturated heterocycles. The van der Waals surface area contributed by atoms with Gasteiger partial charge in [0.2, 0.25) is 5.91 Å². The van der Waals surface area contributed by atoms with Gasteiger partial charge in [0.15, 0.2) is 9.84 Å². The van der Waals surface area contributed by atoms with E-state index in [1.54, 1.807) is 4.90 Å². The third-order valence-electron chi connectivity index (χ3n) is 3.77. The molecule has 112 valence electrons. The van der Waals surface area contributed by atoms with Gasteiger partial charge in [-0.2, -0.15) is 0 Å². The first-order valence-corrected chi connectivity index (χ1v) is 8.86. The van der Waals surface area contributed by atoms with Crippen molar-refractivity contribution >= 4 is 15.7 Å². The minimum Gasteiger partial charge on any atom is -0.342 e. The fraction of sp³-hybridized carbons (Fsp3) is 0.923. The van der Waals surface area contributed by atoms with Crippen molar-refractivity contribution in [2.75, 3.05) is 18.8 Å². The summed E-state index contributed by atoms with van der Waals surface area (Å²) in [6.45, 7) is 4.70. The number of carbonyl (C=O) groups excluding carboxylic acids is 1. The molecule has 0 saturated carbocycles. The lowest BCUT2D eigenvalue weighted by Gasteiger charge is -2.24. The number of likely N-dealkylation sites (tertiary alicyclic amines) is 1. The van der Waals surface area contributed by atoms with E-state index in [1.807, 2.05) is 6.92 Å². The Hall–Kier alpha value is -0.620. The van der Waals surface area contributed by atoms with Crippen LogP contribution < -0.4 is 5.73 Å². The van der Waals surface area contributed by atoms with E-state index in [0.717, 1.165) is 25.7 Å². The molecule has 1 amide bonds. The molecule has 0 bridgehead atoms. The van der Waals surface area contributed by atoms with Crippen molar-refractivity contribution in [3.05, 3.63) is 0 Å². The van der Waals surface area contributed by atoms with E-state index in [9.17, 15) is 13.2 Å². The fourth-order valence-electron chi connectivity index (χ4n) is 2.26. The molecule has 1 heterocycles. The van der Waals surface area contributed by atoms with Gasteiger partial charge in [-0.15, -0.1) is 0 Å². The third kappa shape index (κ3) is 4.76. The molecule has 6 heteroatoms. The molecule has 0 aromatic heterocycles. The summed E-state index contributed by atoms with van der Waals surface area (Å²) in [6.07, 6.45) is 4.76. The normalized spacial score (nSPS) is 20.7. The highest BCUT2D eigenvalue weighted by molar-refractivity contribution is 7.92. The predicted octanol–water partition coefficient (Wildman–Crippen LogP) is 0.930. The summed E-state index contributed by atoms with van der Waals surface area (Å²) in [6, 6.07) is -0.385. The van der Waals surface area contributed by atoms with Crippen LogP contribution in [0.3, 0.4) is 0 Å². The largest absolute Gasteiger partial charge is 0.342 e. The average molecular weight is 290 g/mol. The molecule has 2 N–H and O–H groups in total. The molecule has 19 heavy (non-hydrogen) atoms. The monoisotopic (exact) mass is 290 g/mol. The molecule has 1 aliphatic heterocycles. The van der Waals surface area contributed by atoms with Gasteiger partial charge < -0.3 is 10.6 Å². The highest BCUT2D eigenvalue weighted by atomic mass is 32.2. The number of sulfone groups is 1. The van der Waals surface area contributed by atoms with Gasteiger partial charge in [-0.1, -0.05) is 19.8 Å². The van der Waals surface area contributed by atoms with Crippen molar-refractivity contribution in [2.24, 2.45) is 5.73 Å². The molecule has 2 atom stereocenters. The molecule has 0 aliphatic carbocycles. The summed E-state index contributed by atoms with van der Waals surface area (Å²) < 4.78 is 24.3. The van der Waals surface area contributed by atoms with Gasteiger partial charge in [0.25, 0.3) is 0 Å². The number of carbonyl (C=O) groups is 1. The van der Waals surface area contributed by atoms with Crippen molar-refractivity contribution in [3.63, 3.8) is 0 Å². The molecule has 2 unspecified atom stereocenters. The van der Waals surface area contributed by atoms with E-state index in [2.05, 4.69) is 0 Å². The molecule has 5 nitrogen and oxygen atoms in total. The van der Waals surface area contributed by atoms with Crippen molar-refractivity contribution in [3.8, 4) is 0 Å². The topological polar surface area (TPSA) is 80.5 Å². The second-order valence-electron chi connectivity index (χ2n) is 5.38. The molecular weight excluding hydrogens is 264 g/mol. The first kappa shape index (κ1) is 16.4. The van der Waals surface area contributed by atoms with Crippen molar-refractivity contribution in [2.45, 2.75) is 57.2 Å². The van der Waals surface area contributed by atoms with Crippen LogP contribution in [0.15, 0.2) is 0 Å². The van der Waals surface area contributed by atoms with E-state index >= 15 is 0 Å². The van der Waals surface area contributed by atoms with Gasteiger partial charge in [0.05, 0.1) is 5.75 Å². The predicted molar refractivity (Wildman–Crippen MR) is 76.6 cm³/mol. The van der Waals surface area contributed by atoms with Crippen LogP contribution >= 0.6 is 0 Å². The van der Waals surface area contributed by atoms with Crippen LogP contribution in [0.25, 0.3) is 0 Å². The lowest BCUT2D eigenvalue weighted by Crippen LogP contribution is -2.44. The zero-order chi connectivity index (χ0) is 14.5. The minimum atomic E-state index is -3.45. The van der Waals surface area contributed by atoms with Crippen LogP contribution in [-0.2, 0) is 14.6 Å². The van der Waals surface area contributed by atoms with Crippen LogP contribution in [-0.4, -0.2) is 49.4 Å². The number of hydrogen-bond acceptors (Lipinski definition) is 4. The molecular formula is C13H26N2O3S. The smallest absolute Gasteiger partial charge is 0.240 e. The van der Waals surface area contributed by atoms with Gasteiger partial charge in [-0.25, -0.2) is 8.42 Å². The number of rotatable bonds is 5. The van der Waals surface area contributed by atoms with E-state index in [1.165, 1.54) is 6.92 Å². The molecule has 0 spiro atoms. The quantitative estimate of drug-likeness (QED) is 0.817. The number of amides is 1. The van der Waals surface area contributed by atoms with E-state index in [4.69, 9.17) is 5.73 Å².